The maximum atomic E-state index is 13.4. The number of thiophene rings is 1. The summed E-state index contributed by atoms with van der Waals surface area (Å²) >= 11 is 15.9. The Kier molecular flexibility index (Phi) is 4.50. The van der Waals surface area contributed by atoms with Gasteiger partial charge in [-0.25, -0.2) is 4.39 Å². The van der Waals surface area contributed by atoms with Crippen LogP contribution in [0.1, 0.15) is 15.9 Å². The standard InChI is InChI=1S/C12H6BrCl2FO2S/c1-18-9-4-8(16)7(13)2-5(9)11(17)6-3-10(14)19-12(6)15/h2-4H,1H3. The smallest absolute Gasteiger partial charge is 0.199 e. The van der Waals surface area contributed by atoms with Crippen LogP contribution in [0, 0.1) is 5.82 Å². The van der Waals surface area contributed by atoms with Crippen molar-refractivity contribution < 1.29 is 13.9 Å². The van der Waals surface area contributed by atoms with E-state index in [-0.39, 0.29) is 31.5 Å². The fourth-order valence-electron chi connectivity index (χ4n) is 1.52. The number of carbonyl (C=O) groups excluding carboxylic acids is 1. The van der Waals surface area contributed by atoms with Crippen LogP contribution in [-0.2, 0) is 0 Å². The van der Waals surface area contributed by atoms with Crippen molar-refractivity contribution in [2.45, 2.75) is 0 Å². The lowest BCUT2D eigenvalue weighted by Crippen LogP contribution is -2.04. The second kappa shape index (κ2) is 5.79. The monoisotopic (exact) mass is 382 g/mol. The largest absolute Gasteiger partial charge is 0.496 e. The molecule has 2 aromatic rings. The molecule has 0 bridgehead atoms. The summed E-state index contributed by atoms with van der Waals surface area (Å²) in [6, 6.07) is 3.98. The summed E-state index contributed by atoms with van der Waals surface area (Å²) in [6.45, 7) is 0. The average Bonchev–Trinajstić information content (AvgIpc) is 2.70. The summed E-state index contributed by atoms with van der Waals surface area (Å²) in [4.78, 5) is 12.4. The molecule has 0 N–H and O–H groups in total. The molecular weight excluding hydrogens is 378 g/mol. The Labute approximate surface area is 131 Å². The molecule has 0 radical (unpaired) electrons. The van der Waals surface area contributed by atoms with Crippen LogP contribution in [0.2, 0.25) is 8.67 Å². The summed E-state index contributed by atoms with van der Waals surface area (Å²) in [5, 5.41) is 0. The third-order valence-electron chi connectivity index (χ3n) is 2.39. The molecular formula is C12H6BrCl2FO2S. The number of rotatable bonds is 3. The van der Waals surface area contributed by atoms with Gasteiger partial charge in [0.25, 0.3) is 0 Å². The number of ketones is 1. The normalized spacial score (nSPS) is 10.6. The highest BCUT2D eigenvalue weighted by Gasteiger charge is 2.21. The quantitative estimate of drug-likeness (QED) is 0.681. The molecule has 1 heterocycles. The van der Waals surface area contributed by atoms with Crippen molar-refractivity contribution in [3.8, 4) is 5.75 Å². The van der Waals surface area contributed by atoms with Gasteiger partial charge in [-0.15, -0.1) is 11.3 Å². The number of hydrogen-bond donors (Lipinski definition) is 0. The van der Waals surface area contributed by atoms with Crippen molar-refractivity contribution in [1.29, 1.82) is 0 Å². The van der Waals surface area contributed by atoms with Gasteiger partial charge in [0.15, 0.2) is 5.78 Å². The molecule has 0 atom stereocenters. The van der Waals surface area contributed by atoms with Crippen LogP contribution in [-0.4, -0.2) is 12.9 Å². The number of carbonyl (C=O) groups is 1. The predicted octanol–water partition coefficient (Wildman–Crippen LogP) is 5.20. The highest BCUT2D eigenvalue weighted by molar-refractivity contribution is 9.10. The first-order chi connectivity index (χ1) is 8.93. The maximum absolute atomic E-state index is 13.4. The first kappa shape index (κ1) is 14.8. The number of ether oxygens (including phenoxy) is 1. The molecule has 100 valence electrons. The van der Waals surface area contributed by atoms with E-state index in [9.17, 15) is 9.18 Å². The van der Waals surface area contributed by atoms with Crippen molar-refractivity contribution in [2.24, 2.45) is 0 Å². The molecule has 0 saturated heterocycles. The third-order valence-corrected chi connectivity index (χ3v) is 4.48. The zero-order chi connectivity index (χ0) is 14.2. The van der Waals surface area contributed by atoms with Gasteiger partial charge < -0.3 is 4.74 Å². The fraction of sp³-hybridized carbons (Fsp3) is 0.0833. The molecule has 0 spiro atoms. The lowest BCUT2D eigenvalue weighted by atomic mass is 10.0. The molecule has 2 rings (SSSR count). The van der Waals surface area contributed by atoms with Crippen molar-refractivity contribution in [1.82, 2.24) is 0 Å². The Bertz CT molecular complexity index is 657. The van der Waals surface area contributed by atoms with E-state index < -0.39 is 5.82 Å². The van der Waals surface area contributed by atoms with Gasteiger partial charge in [-0.05, 0) is 28.1 Å². The molecule has 0 aliphatic carbocycles. The van der Waals surface area contributed by atoms with E-state index >= 15 is 0 Å². The first-order valence-corrected chi connectivity index (χ1v) is 7.33. The molecule has 7 heteroatoms. The van der Waals surface area contributed by atoms with Gasteiger partial charge in [-0.1, -0.05) is 23.2 Å². The highest BCUT2D eigenvalue weighted by Crippen LogP contribution is 2.35. The summed E-state index contributed by atoms with van der Waals surface area (Å²) in [6.07, 6.45) is 0. The van der Waals surface area contributed by atoms with Crippen molar-refractivity contribution in [2.75, 3.05) is 7.11 Å². The average molecular weight is 384 g/mol. The molecule has 0 saturated carbocycles. The topological polar surface area (TPSA) is 26.3 Å². The van der Waals surface area contributed by atoms with E-state index in [0.29, 0.717) is 4.34 Å². The number of hydrogen-bond acceptors (Lipinski definition) is 3. The zero-order valence-electron chi connectivity index (χ0n) is 9.47. The Morgan fingerprint density at radius 3 is 2.53 bits per heavy atom. The first-order valence-electron chi connectivity index (χ1n) is 4.96. The van der Waals surface area contributed by atoms with Gasteiger partial charge in [-0.3, -0.25) is 4.79 Å². The molecule has 0 fully saturated rings. The highest BCUT2D eigenvalue weighted by atomic mass is 79.9. The van der Waals surface area contributed by atoms with Crippen LogP contribution < -0.4 is 4.74 Å². The molecule has 0 unspecified atom stereocenters. The second-order valence-electron chi connectivity index (χ2n) is 3.53. The zero-order valence-corrected chi connectivity index (χ0v) is 13.4. The molecule has 0 aliphatic rings. The van der Waals surface area contributed by atoms with Crippen LogP contribution in [0.15, 0.2) is 22.7 Å². The summed E-state index contributed by atoms with van der Waals surface area (Å²) in [5.74, 6) is -0.738. The third kappa shape index (κ3) is 2.94. The van der Waals surface area contributed by atoms with Gasteiger partial charge in [0.1, 0.15) is 15.9 Å². The molecule has 0 amide bonds. The second-order valence-corrected chi connectivity index (χ2v) is 6.67. The van der Waals surface area contributed by atoms with Crippen LogP contribution in [0.25, 0.3) is 0 Å². The minimum absolute atomic E-state index is 0.143. The van der Waals surface area contributed by atoms with Crippen molar-refractivity contribution in [3.63, 3.8) is 0 Å². The van der Waals surface area contributed by atoms with E-state index in [4.69, 9.17) is 27.9 Å². The van der Waals surface area contributed by atoms with Gasteiger partial charge >= 0.3 is 0 Å². The fourth-order valence-corrected chi connectivity index (χ4v) is 3.32. The number of halogens is 4. The van der Waals surface area contributed by atoms with E-state index in [0.717, 1.165) is 17.4 Å². The summed E-state index contributed by atoms with van der Waals surface area (Å²) in [5.41, 5.74) is 0.487. The van der Waals surface area contributed by atoms with E-state index in [1.165, 1.54) is 19.2 Å². The van der Waals surface area contributed by atoms with Gasteiger partial charge in [0.2, 0.25) is 0 Å². The Morgan fingerprint density at radius 1 is 1.32 bits per heavy atom. The number of benzene rings is 1. The van der Waals surface area contributed by atoms with Crippen molar-refractivity contribution >= 4 is 56.3 Å². The lowest BCUT2D eigenvalue weighted by molar-refractivity contribution is 0.103. The van der Waals surface area contributed by atoms with Gasteiger partial charge in [0.05, 0.1) is 27.0 Å². The predicted molar refractivity (Wildman–Crippen MR) is 78.4 cm³/mol. The van der Waals surface area contributed by atoms with Gasteiger partial charge in [0, 0.05) is 6.07 Å². The number of methoxy groups -OCH3 is 1. The van der Waals surface area contributed by atoms with Crippen LogP contribution in [0.5, 0.6) is 5.75 Å². The molecule has 2 nitrogen and oxygen atoms in total. The Hall–Kier alpha value is -0.620. The van der Waals surface area contributed by atoms with E-state index in [1.54, 1.807) is 0 Å². The van der Waals surface area contributed by atoms with E-state index in [2.05, 4.69) is 15.9 Å². The Morgan fingerprint density at radius 2 is 2.00 bits per heavy atom. The van der Waals surface area contributed by atoms with Crippen LogP contribution in [0.4, 0.5) is 4.39 Å². The van der Waals surface area contributed by atoms with Crippen LogP contribution >= 0.6 is 50.5 Å². The van der Waals surface area contributed by atoms with Crippen molar-refractivity contribution in [3.05, 3.63) is 48.3 Å². The Balaban J connectivity index is 2.55. The molecule has 0 aliphatic heterocycles. The minimum Gasteiger partial charge on any atom is -0.496 e. The summed E-state index contributed by atoms with van der Waals surface area (Å²) in [7, 11) is 1.36. The van der Waals surface area contributed by atoms with Crippen LogP contribution in [0.3, 0.4) is 0 Å². The maximum Gasteiger partial charge on any atom is 0.199 e. The molecule has 1 aromatic heterocycles. The SMILES string of the molecule is COc1cc(F)c(Br)cc1C(=O)c1cc(Cl)sc1Cl. The molecule has 19 heavy (non-hydrogen) atoms. The summed E-state index contributed by atoms with van der Waals surface area (Å²) < 4.78 is 19.3. The van der Waals surface area contributed by atoms with E-state index in [1.807, 2.05) is 0 Å². The minimum atomic E-state index is -0.511. The lowest BCUT2D eigenvalue weighted by Gasteiger charge is -2.08. The van der Waals surface area contributed by atoms with Gasteiger partial charge in [-0.2, -0.15) is 0 Å². The molecule has 1 aromatic carbocycles.